The second-order valence-corrected chi connectivity index (χ2v) is 9.09. The van der Waals surface area contributed by atoms with Gasteiger partial charge in [-0.25, -0.2) is 8.78 Å². The molecule has 166 valence electrons. The van der Waals surface area contributed by atoms with Crippen molar-refractivity contribution in [2.24, 2.45) is 5.41 Å². The molecule has 31 heavy (non-hydrogen) atoms. The highest BCUT2D eigenvalue weighted by Crippen LogP contribution is 2.31. The van der Waals surface area contributed by atoms with Crippen molar-refractivity contribution < 1.29 is 23.1 Å². The SMILES string of the molecule is CCC1Oc2ccc(NC(=O)CC(C)(C)C)cc2CN(Cc2cc(F)cc(F)c2)C1=O. The first-order valence-corrected chi connectivity index (χ1v) is 10.4. The van der Waals surface area contributed by atoms with Gasteiger partial charge in [0.15, 0.2) is 6.10 Å². The molecule has 3 rings (SSSR count). The first-order valence-electron chi connectivity index (χ1n) is 10.4. The molecule has 1 aliphatic rings. The predicted octanol–water partition coefficient (Wildman–Crippen LogP) is 5.04. The molecule has 0 bridgehead atoms. The molecule has 1 atom stereocenters. The van der Waals surface area contributed by atoms with Crippen LogP contribution in [0.5, 0.6) is 5.75 Å². The summed E-state index contributed by atoms with van der Waals surface area (Å²) in [6.07, 6.45) is 0.130. The van der Waals surface area contributed by atoms with Crippen LogP contribution in [0, 0.1) is 17.0 Å². The Morgan fingerprint density at radius 3 is 2.45 bits per heavy atom. The third-order valence-corrected chi connectivity index (χ3v) is 4.92. The van der Waals surface area contributed by atoms with Gasteiger partial charge in [0.2, 0.25) is 5.91 Å². The van der Waals surface area contributed by atoms with Crippen molar-refractivity contribution in [3.05, 3.63) is 59.2 Å². The minimum Gasteiger partial charge on any atom is -0.480 e. The van der Waals surface area contributed by atoms with E-state index in [1.165, 1.54) is 17.0 Å². The van der Waals surface area contributed by atoms with Crippen LogP contribution < -0.4 is 10.1 Å². The number of hydrogen-bond donors (Lipinski definition) is 1. The Balaban J connectivity index is 1.86. The summed E-state index contributed by atoms with van der Waals surface area (Å²) < 4.78 is 33.2. The molecule has 2 aromatic carbocycles. The van der Waals surface area contributed by atoms with Gasteiger partial charge in [0.1, 0.15) is 17.4 Å². The van der Waals surface area contributed by atoms with E-state index in [1.807, 2.05) is 27.7 Å². The fourth-order valence-electron chi connectivity index (χ4n) is 3.59. The lowest BCUT2D eigenvalue weighted by Gasteiger charge is -2.23. The fraction of sp³-hybridized carbons (Fsp3) is 0.417. The molecular formula is C24H28F2N2O3. The Morgan fingerprint density at radius 1 is 1.16 bits per heavy atom. The predicted molar refractivity (Wildman–Crippen MR) is 114 cm³/mol. The molecule has 1 heterocycles. The van der Waals surface area contributed by atoms with E-state index in [1.54, 1.807) is 18.2 Å². The number of carbonyl (C=O) groups excluding carboxylic acids is 2. The van der Waals surface area contributed by atoms with Gasteiger partial charge in [-0.1, -0.05) is 27.7 Å². The van der Waals surface area contributed by atoms with Gasteiger partial charge in [-0.2, -0.15) is 0 Å². The highest BCUT2D eigenvalue weighted by molar-refractivity contribution is 5.91. The third kappa shape index (κ3) is 6.03. The molecule has 0 aliphatic carbocycles. The number of benzene rings is 2. The average molecular weight is 430 g/mol. The lowest BCUT2D eigenvalue weighted by Crippen LogP contribution is -2.38. The smallest absolute Gasteiger partial charge is 0.264 e. The number of amides is 2. The summed E-state index contributed by atoms with van der Waals surface area (Å²) in [5.41, 5.74) is 1.54. The molecule has 1 aliphatic heterocycles. The number of nitrogens with one attached hydrogen (secondary N) is 1. The number of anilines is 1. The van der Waals surface area contributed by atoms with Gasteiger partial charge >= 0.3 is 0 Å². The van der Waals surface area contributed by atoms with E-state index in [9.17, 15) is 18.4 Å². The van der Waals surface area contributed by atoms with Crippen LogP contribution >= 0.6 is 0 Å². The Bertz CT molecular complexity index is 965. The number of rotatable bonds is 5. The molecular weight excluding hydrogens is 402 g/mol. The molecule has 5 nitrogen and oxygen atoms in total. The molecule has 0 saturated carbocycles. The molecule has 0 aromatic heterocycles. The van der Waals surface area contributed by atoms with Crippen molar-refractivity contribution in [3.63, 3.8) is 0 Å². The molecule has 0 fully saturated rings. The van der Waals surface area contributed by atoms with Gasteiger partial charge in [-0.3, -0.25) is 9.59 Å². The number of hydrogen-bond acceptors (Lipinski definition) is 3. The van der Waals surface area contributed by atoms with Crippen molar-refractivity contribution >= 4 is 17.5 Å². The molecule has 1 N–H and O–H groups in total. The zero-order chi connectivity index (χ0) is 22.8. The summed E-state index contributed by atoms with van der Waals surface area (Å²) in [5.74, 6) is -1.17. The summed E-state index contributed by atoms with van der Waals surface area (Å²) >= 11 is 0. The second-order valence-electron chi connectivity index (χ2n) is 9.09. The zero-order valence-corrected chi connectivity index (χ0v) is 18.3. The molecule has 0 radical (unpaired) electrons. The first-order chi connectivity index (χ1) is 14.5. The quantitative estimate of drug-likeness (QED) is 0.723. The maximum absolute atomic E-state index is 13.6. The zero-order valence-electron chi connectivity index (χ0n) is 18.3. The fourth-order valence-corrected chi connectivity index (χ4v) is 3.59. The van der Waals surface area contributed by atoms with Gasteiger partial charge in [-0.05, 0) is 47.7 Å². The van der Waals surface area contributed by atoms with Crippen LogP contribution in [0.3, 0.4) is 0 Å². The molecule has 2 amide bonds. The van der Waals surface area contributed by atoms with Gasteiger partial charge < -0.3 is 15.0 Å². The highest BCUT2D eigenvalue weighted by atomic mass is 19.1. The Labute approximate surface area is 181 Å². The monoisotopic (exact) mass is 430 g/mol. The maximum Gasteiger partial charge on any atom is 0.264 e. The van der Waals surface area contributed by atoms with Crippen molar-refractivity contribution in [1.82, 2.24) is 4.90 Å². The van der Waals surface area contributed by atoms with Crippen LogP contribution in [0.25, 0.3) is 0 Å². The number of ether oxygens (including phenoxy) is 1. The van der Waals surface area contributed by atoms with Crippen LogP contribution in [0.2, 0.25) is 0 Å². The van der Waals surface area contributed by atoms with Gasteiger partial charge in [0, 0.05) is 36.8 Å². The standard InChI is InChI=1S/C24H28F2N2O3/c1-5-20-23(30)28(13-15-8-17(25)11-18(26)9-15)14-16-10-19(6-7-21(16)31-20)27-22(29)12-24(2,3)4/h6-11,20H,5,12-14H2,1-4H3,(H,27,29). The molecule has 2 aromatic rings. The largest absolute Gasteiger partial charge is 0.480 e. The summed E-state index contributed by atoms with van der Waals surface area (Å²) in [4.78, 5) is 26.8. The van der Waals surface area contributed by atoms with E-state index >= 15 is 0 Å². The number of halogens is 2. The van der Waals surface area contributed by atoms with Crippen molar-refractivity contribution in [2.75, 3.05) is 5.32 Å². The maximum atomic E-state index is 13.6. The van der Waals surface area contributed by atoms with Crippen molar-refractivity contribution in [1.29, 1.82) is 0 Å². The van der Waals surface area contributed by atoms with Crippen molar-refractivity contribution in [3.8, 4) is 5.75 Å². The van der Waals surface area contributed by atoms with E-state index in [0.29, 0.717) is 29.8 Å². The Hall–Kier alpha value is -2.96. The average Bonchev–Trinajstić information content (AvgIpc) is 2.76. The van der Waals surface area contributed by atoms with Crippen molar-refractivity contribution in [2.45, 2.75) is 59.7 Å². The number of carbonyl (C=O) groups is 2. The lowest BCUT2D eigenvalue weighted by atomic mass is 9.92. The second kappa shape index (κ2) is 9.04. The van der Waals surface area contributed by atoms with Crippen LogP contribution in [0.15, 0.2) is 36.4 Å². The normalized spacial score (nSPS) is 16.4. The van der Waals surface area contributed by atoms with E-state index in [2.05, 4.69) is 5.32 Å². The van der Waals surface area contributed by atoms with E-state index in [4.69, 9.17) is 4.74 Å². The minimum atomic E-state index is -0.694. The Morgan fingerprint density at radius 2 is 1.84 bits per heavy atom. The van der Waals surface area contributed by atoms with Gasteiger partial charge in [0.25, 0.3) is 5.91 Å². The number of nitrogens with zero attached hydrogens (tertiary/aromatic N) is 1. The number of fused-ring (bicyclic) bond motifs is 1. The van der Waals surface area contributed by atoms with Crippen LogP contribution in [-0.2, 0) is 22.7 Å². The van der Waals surface area contributed by atoms with E-state index in [0.717, 1.165) is 11.6 Å². The Kier molecular flexibility index (Phi) is 6.62. The highest BCUT2D eigenvalue weighted by Gasteiger charge is 2.30. The molecule has 1 unspecified atom stereocenters. The summed E-state index contributed by atoms with van der Waals surface area (Å²) in [7, 11) is 0. The summed E-state index contributed by atoms with van der Waals surface area (Å²) in [5, 5.41) is 2.89. The molecule has 0 spiro atoms. The topological polar surface area (TPSA) is 58.6 Å². The van der Waals surface area contributed by atoms with E-state index in [-0.39, 0.29) is 30.3 Å². The lowest BCUT2D eigenvalue weighted by molar-refractivity contribution is -0.139. The third-order valence-electron chi connectivity index (χ3n) is 4.92. The van der Waals surface area contributed by atoms with Crippen LogP contribution in [0.1, 0.15) is 51.7 Å². The van der Waals surface area contributed by atoms with Gasteiger partial charge in [0.05, 0.1) is 0 Å². The summed E-state index contributed by atoms with van der Waals surface area (Å²) in [6.45, 7) is 8.05. The van der Waals surface area contributed by atoms with E-state index < -0.39 is 17.7 Å². The minimum absolute atomic E-state index is 0.0490. The first kappa shape index (κ1) is 22.7. The summed E-state index contributed by atoms with van der Waals surface area (Å²) in [6, 6.07) is 8.49. The molecule has 7 heteroatoms. The van der Waals surface area contributed by atoms with Crippen LogP contribution in [-0.4, -0.2) is 22.8 Å². The van der Waals surface area contributed by atoms with Crippen LogP contribution in [0.4, 0.5) is 14.5 Å². The molecule has 0 saturated heterocycles. The van der Waals surface area contributed by atoms with Gasteiger partial charge in [-0.15, -0.1) is 0 Å².